The van der Waals surface area contributed by atoms with E-state index in [2.05, 4.69) is 19.2 Å². The maximum absolute atomic E-state index is 9.06. The highest BCUT2D eigenvalue weighted by Crippen LogP contribution is 2.28. The minimum atomic E-state index is 0.275. The van der Waals surface area contributed by atoms with Crippen molar-refractivity contribution in [3.63, 3.8) is 0 Å². The van der Waals surface area contributed by atoms with Crippen molar-refractivity contribution in [3.8, 4) is 0 Å². The monoisotopic (exact) mass is 199 g/mol. The van der Waals surface area contributed by atoms with Gasteiger partial charge in [-0.1, -0.05) is 33.1 Å². The van der Waals surface area contributed by atoms with Gasteiger partial charge in [-0.15, -0.1) is 0 Å². The molecule has 0 aliphatic heterocycles. The molecule has 0 bridgehead atoms. The molecule has 0 aromatic carbocycles. The molecular weight excluding hydrogens is 174 g/mol. The molecule has 0 aromatic rings. The average Bonchev–Trinajstić information content (AvgIpc) is 2.22. The SMILES string of the molecule is CCC(CO)NCC1CCCCC1C. The minimum Gasteiger partial charge on any atom is -0.395 e. The van der Waals surface area contributed by atoms with Crippen LogP contribution in [0.1, 0.15) is 46.0 Å². The van der Waals surface area contributed by atoms with Gasteiger partial charge < -0.3 is 10.4 Å². The Morgan fingerprint density at radius 1 is 1.36 bits per heavy atom. The zero-order valence-electron chi connectivity index (χ0n) is 9.63. The van der Waals surface area contributed by atoms with Crippen molar-refractivity contribution in [1.82, 2.24) is 5.32 Å². The van der Waals surface area contributed by atoms with Crippen LogP contribution in [-0.2, 0) is 0 Å². The molecule has 14 heavy (non-hydrogen) atoms. The molecule has 0 aromatic heterocycles. The van der Waals surface area contributed by atoms with Crippen LogP contribution in [0.2, 0.25) is 0 Å². The van der Waals surface area contributed by atoms with E-state index in [0.29, 0.717) is 6.04 Å². The molecule has 3 atom stereocenters. The summed E-state index contributed by atoms with van der Waals surface area (Å²) in [5, 5.41) is 12.5. The Bertz CT molecular complexity index is 145. The average molecular weight is 199 g/mol. The molecule has 1 fully saturated rings. The quantitative estimate of drug-likeness (QED) is 0.711. The summed E-state index contributed by atoms with van der Waals surface area (Å²) in [6.45, 7) is 5.86. The summed E-state index contributed by atoms with van der Waals surface area (Å²) < 4.78 is 0. The Labute approximate surface area is 88.1 Å². The predicted molar refractivity (Wildman–Crippen MR) is 60.3 cm³/mol. The minimum absolute atomic E-state index is 0.275. The fourth-order valence-corrected chi connectivity index (χ4v) is 2.35. The summed E-state index contributed by atoms with van der Waals surface area (Å²) in [5.41, 5.74) is 0. The van der Waals surface area contributed by atoms with E-state index in [1.54, 1.807) is 0 Å². The van der Waals surface area contributed by atoms with Crippen LogP contribution in [0.4, 0.5) is 0 Å². The van der Waals surface area contributed by atoms with Crippen molar-refractivity contribution < 1.29 is 5.11 Å². The molecule has 0 amide bonds. The normalized spacial score (nSPS) is 30.2. The number of hydrogen-bond acceptors (Lipinski definition) is 2. The fourth-order valence-electron chi connectivity index (χ4n) is 2.35. The van der Waals surface area contributed by atoms with Crippen LogP contribution in [0, 0.1) is 11.8 Å². The smallest absolute Gasteiger partial charge is 0.0584 e. The third kappa shape index (κ3) is 3.58. The first kappa shape index (κ1) is 12.0. The molecule has 84 valence electrons. The first-order valence-electron chi connectivity index (χ1n) is 6.12. The Kier molecular flexibility index (Phi) is 5.49. The molecule has 0 saturated heterocycles. The van der Waals surface area contributed by atoms with Gasteiger partial charge >= 0.3 is 0 Å². The number of rotatable bonds is 5. The summed E-state index contributed by atoms with van der Waals surface area (Å²) in [6, 6.07) is 0.309. The van der Waals surface area contributed by atoms with E-state index in [1.807, 2.05) is 0 Å². The summed E-state index contributed by atoms with van der Waals surface area (Å²) in [4.78, 5) is 0. The lowest BCUT2D eigenvalue weighted by Gasteiger charge is -2.30. The van der Waals surface area contributed by atoms with Crippen molar-refractivity contribution in [2.45, 2.75) is 52.0 Å². The van der Waals surface area contributed by atoms with Crippen LogP contribution in [0.25, 0.3) is 0 Å². The summed E-state index contributed by atoms with van der Waals surface area (Å²) in [5.74, 6) is 1.71. The molecule has 1 rings (SSSR count). The molecule has 1 aliphatic rings. The van der Waals surface area contributed by atoms with Crippen LogP contribution in [0.3, 0.4) is 0 Å². The second kappa shape index (κ2) is 6.41. The van der Waals surface area contributed by atoms with E-state index in [0.717, 1.165) is 24.8 Å². The zero-order chi connectivity index (χ0) is 10.4. The van der Waals surface area contributed by atoms with E-state index >= 15 is 0 Å². The molecule has 0 radical (unpaired) electrons. The van der Waals surface area contributed by atoms with Gasteiger partial charge in [0.1, 0.15) is 0 Å². The molecule has 1 saturated carbocycles. The standard InChI is InChI=1S/C12H25NO/c1-3-12(9-14)13-8-11-7-5-4-6-10(11)2/h10-14H,3-9H2,1-2H3. The molecule has 2 nitrogen and oxygen atoms in total. The van der Waals surface area contributed by atoms with Crippen molar-refractivity contribution in [3.05, 3.63) is 0 Å². The number of nitrogens with one attached hydrogen (secondary N) is 1. The third-order valence-corrected chi connectivity index (χ3v) is 3.67. The van der Waals surface area contributed by atoms with Crippen LogP contribution < -0.4 is 5.32 Å². The molecule has 3 unspecified atom stereocenters. The van der Waals surface area contributed by atoms with Gasteiger partial charge in [-0.2, -0.15) is 0 Å². The molecular formula is C12H25NO. The second-order valence-electron chi connectivity index (χ2n) is 4.72. The fraction of sp³-hybridized carbons (Fsp3) is 1.00. The summed E-state index contributed by atoms with van der Waals surface area (Å²) in [7, 11) is 0. The first-order chi connectivity index (χ1) is 6.77. The Morgan fingerprint density at radius 2 is 2.07 bits per heavy atom. The Balaban J connectivity index is 2.21. The molecule has 0 heterocycles. The largest absolute Gasteiger partial charge is 0.395 e. The van der Waals surface area contributed by atoms with Crippen molar-refractivity contribution >= 4 is 0 Å². The highest BCUT2D eigenvalue weighted by Gasteiger charge is 2.21. The van der Waals surface area contributed by atoms with Crippen molar-refractivity contribution in [2.75, 3.05) is 13.2 Å². The van der Waals surface area contributed by atoms with Gasteiger partial charge in [0.15, 0.2) is 0 Å². The van der Waals surface area contributed by atoms with Crippen molar-refractivity contribution in [1.29, 1.82) is 0 Å². The maximum atomic E-state index is 9.06. The first-order valence-corrected chi connectivity index (χ1v) is 6.12. The summed E-state index contributed by atoms with van der Waals surface area (Å²) >= 11 is 0. The topological polar surface area (TPSA) is 32.3 Å². The van der Waals surface area contributed by atoms with E-state index in [-0.39, 0.29) is 6.61 Å². The van der Waals surface area contributed by atoms with Gasteiger partial charge in [0.25, 0.3) is 0 Å². The van der Waals surface area contributed by atoms with Crippen LogP contribution in [0.15, 0.2) is 0 Å². The Hall–Kier alpha value is -0.0800. The van der Waals surface area contributed by atoms with Gasteiger partial charge in [0.05, 0.1) is 6.61 Å². The highest BCUT2D eigenvalue weighted by molar-refractivity contribution is 4.76. The lowest BCUT2D eigenvalue weighted by Crippen LogP contribution is -2.38. The zero-order valence-corrected chi connectivity index (χ0v) is 9.63. The van der Waals surface area contributed by atoms with Gasteiger partial charge in [-0.25, -0.2) is 0 Å². The summed E-state index contributed by atoms with van der Waals surface area (Å²) in [6.07, 6.45) is 6.59. The van der Waals surface area contributed by atoms with E-state index in [9.17, 15) is 0 Å². The molecule has 2 N–H and O–H groups in total. The predicted octanol–water partition coefficient (Wildman–Crippen LogP) is 2.17. The van der Waals surface area contributed by atoms with E-state index < -0.39 is 0 Å². The van der Waals surface area contributed by atoms with Crippen LogP contribution >= 0.6 is 0 Å². The van der Waals surface area contributed by atoms with Gasteiger partial charge in [0, 0.05) is 6.04 Å². The molecule has 1 aliphatic carbocycles. The lowest BCUT2D eigenvalue weighted by atomic mass is 9.80. The van der Waals surface area contributed by atoms with Gasteiger partial charge in [-0.3, -0.25) is 0 Å². The van der Waals surface area contributed by atoms with E-state index in [1.165, 1.54) is 25.7 Å². The van der Waals surface area contributed by atoms with Crippen LogP contribution in [-0.4, -0.2) is 24.3 Å². The van der Waals surface area contributed by atoms with E-state index in [4.69, 9.17) is 5.11 Å². The van der Waals surface area contributed by atoms with Gasteiger partial charge in [0.2, 0.25) is 0 Å². The second-order valence-corrected chi connectivity index (χ2v) is 4.72. The Morgan fingerprint density at radius 3 is 2.64 bits per heavy atom. The van der Waals surface area contributed by atoms with Gasteiger partial charge in [-0.05, 0) is 31.2 Å². The third-order valence-electron chi connectivity index (χ3n) is 3.67. The molecule has 0 spiro atoms. The van der Waals surface area contributed by atoms with Crippen molar-refractivity contribution in [2.24, 2.45) is 11.8 Å². The van der Waals surface area contributed by atoms with Crippen LogP contribution in [0.5, 0.6) is 0 Å². The number of aliphatic hydroxyl groups is 1. The number of hydrogen-bond donors (Lipinski definition) is 2. The number of aliphatic hydroxyl groups excluding tert-OH is 1. The highest BCUT2D eigenvalue weighted by atomic mass is 16.3. The lowest BCUT2D eigenvalue weighted by molar-refractivity contribution is 0.204. The molecule has 2 heteroatoms. The maximum Gasteiger partial charge on any atom is 0.0584 e.